The van der Waals surface area contributed by atoms with Crippen LogP contribution < -0.4 is 5.73 Å². The summed E-state index contributed by atoms with van der Waals surface area (Å²) in [5, 5.41) is 1.28. The number of rotatable bonds is 5. The van der Waals surface area contributed by atoms with E-state index in [0.717, 1.165) is 36.3 Å². The van der Waals surface area contributed by atoms with Crippen LogP contribution in [0.2, 0.25) is 0 Å². The Hall–Kier alpha value is -2.73. The van der Waals surface area contributed by atoms with Crippen molar-refractivity contribution in [3.05, 3.63) is 65.9 Å². The number of nitrogens with zero attached hydrogens (tertiary/aromatic N) is 1. The first-order chi connectivity index (χ1) is 13.6. The first-order valence-corrected chi connectivity index (χ1v) is 10.5. The third kappa shape index (κ3) is 3.78. The van der Waals surface area contributed by atoms with Crippen LogP contribution in [0.5, 0.6) is 0 Å². The molecule has 2 heterocycles. The molecule has 28 heavy (non-hydrogen) atoms. The predicted molar refractivity (Wildman–Crippen MR) is 113 cm³/mol. The number of primary amides is 1. The lowest BCUT2D eigenvalue weighted by atomic mass is 9.89. The number of fused-ring (bicyclic) bond motifs is 1. The summed E-state index contributed by atoms with van der Waals surface area (Å²) in [5.41, 5.74) is 8.42. The van der Waals surface area contributed by atoms with E-state index in [1.807, 2.05) is 35.2 Å². The molecule has 5 nitrogen and oxygen atoms in total. The van der Waals surface area contributed by atoms with E-state index in [4.69, 9.17) is 5.73 Å². The van der Waals surface area contributed by atoms with Gasteiger partial charge in [0.25, 0.3) is 5.91 Å². The van der Waals surface area contributed by atoms with E-state index in [2.05, 4.69) is 29.4 Å². The summed E-state index contributed by atoms with van der Waals surface area (Å²) < 4.78 is 0. The zero-order valence-corrected chi connectivity index (χ0v) is 16.4. The lowest BCUT2D eigenvalue weighted by Gasteiger charge is -2.32. The Labute approximate surface area is 168 Å². The molecule has 1 saturated heterocycles. The summed E-state index contributed by atoms with van der Waals surface area (Å²) >= 11 is 1.32. The molecule has 144 valence electrons. The number of aromatic nitrogens is 1. The van der Waals surface area contributed by atoms with Gasteiger partial charge in [0, 0.05) is 35.1 Å². The van der Waals surface area contributed by atoms with Crippen molar-refractivity contribution in [2.45, 2.75) is 23.7 Å². The van der Waals surface area contributed by atoms with Crippen LogP contribution in [0.15, 0.2) is 59.6 Å². The van der Waals surface area contributed by atoms with Crippen LogP contribution in [0.25, 0.3) is 10.9 Å². The van der Waals surface area contributed by atoms with Gasteiger partial charge in [0.1, 0.15) is 0 Å². The fourth-order valence-electron chi connectivity index (χ4n) is 3.91. The highest BCUT2D eigenvalue weighted by molar-refractivity contribution is 8.00. The first kappa shape index (κ1) is 18.6. The molecule has 1 aliphatic rings. The van der Waals surface area contributed by atoms with Gasteiger partial charge in [-0.3, -0.25) is 9.59 Å². The van der Waals surface area contributed by atoms with Crippen LogP contribution in [0.4, 0.5) is 0 Å². The second-order valence-electron chi connectivity index (χ2n) is 7.11. The fraction of sp³-hybridized carbons (Fsp3) is 0.273. The van der Waals surface area contributed by atoms with E-state index >= 15 is 0 Å². The fourth-order valence-corrected chi connectivity index (χ4v) is 4.70. The average molecular weight is 394 g/mol. The topological polar surface area (TPSA) is 79.2 Å². The molecule has 3 N–H and O–H groups in total. The number of benzene rings is 2. The smallest absolute Gasteiger partial charge is 0.254 e. The maximum atomic E-state index is 13.1. The Kier molecular flexibility index (Phi) is 5.39. The van der Waals surface area contributed by atoms with Crippen molar-refractivity contribution < 1.29 is 9.59 Å². The molecule has 0 bridgehead atoms. The van der Waals surface area contributed by atoms with Crippen LogP contribution in [0.3, 0.4) is 0 Å². The van der Waals surface area contributed by atoms with E-state index in [0.29, 0.717) is 11.5 Å². The number of carbonyl (C=O) groups excluding carboxylic acids is 2. The van der Waals surface area contributed by atoms with Crippen LogP contribution >= 0.6 is 11.8 Å². The molecule has 0 spiro atoms. The summed E-state index contributed by atoms with van der Waals surface area (Å²) in [7, 11) is 0. The summed E-state index contributed by atoms with van der Waals surface area (Å²) in [5.74, 6) is 0.281. The molecule has 3 aromatic rings. The van der Waals surface area contributed by atoms with E-state index in [1.54, 1.807) is 0 Å². The maximum Gasteiger partial charge on any atom is 0.254 e. The third-order valence-electron chi connectivity index (χ3n) is 5.33. The number of nitrogens with two attached hydrogens (primary N) is 1. The first-order valence-electron chi connectivity index (χ1n) is 9.49. The van der Waals surface area contributed by atoms with Crippen LogP contribution in [-0.2, 0) is 4.79 Å². The molecule has 1 aromatic heterocycles. The summed E-state index contributed by atoms with van der Waals surface area (Å²) in [4.78, 5) is 30.3. The molecule has 2 aromatic carbocycles. The number of aromatic amines is 1. The molecule has 0 aliphatic carbocycles. The second kappa shape index (κ2) is 8.10. The largest absolute Gasteiger partial charge is 0.369 e. The number of hydrogen-bond acceptors (Lipinski definition) is 3. The summed E-state index contributed by atoms with van der Waals surface area (Å²) in [6.45, 7) is 1.47. The number of hydrogen-bond donors (Lipinski definition) is 2. The van der Waals surface area contributed by atoms with Crippen molar-refractivity contribution >= 4 is 34.5 Å². The molecular weight excluding hydrogens is 370 g/mol. The molecule has 0 unspecified atom stereocenters. The Morgan fingerprint density at radius 1 is 1.07 bits per heavy atom. The Balaban J connectivity index is 1.45. The number of carbonyl (C=O) groups is 2. The Bertz CT molecular complexity index is 1010. The summed E-state index contributed by atoms with van der Waals surface area (Å²) in [6.07, 6.45) is 4.01. The molecule has 1 fully saturated rings. The highest BCUT2D eigenvalue weighted by Crippen LogP contribution is 2.34. The lowest BCUT2D eigenvalue weighted by molar-refractivity contribution is -0.115. The van der Waals surface area contributed by atoms with E-state index in [9.17, 15) is 9.59 Å². The van der Waals surface area contributed by atoms with Gasteiger partial charge in [0.15, 0.2) is 0 Å². The van der Waals surface area contributed by atoms with Gasteiger partial charge in [-0.15, -0.1) is 11.8 Å². The van der Waals surface area contributed by atoms with Crippen LogP contribution in [0.1, 0.15) is 34.7 Å². The maximum absolute atomic E-state index is 13.1. The second-order valence-corrected chi connectivity index (χ2v) is 8.12. The van der Waals surface area contributed by atoms with E-state index in [1.165, 1.54) is 22.7 Å². The lowest BCUT2D eigenvalue weighted by Crippen LogP contribution is -2.38. The van der Waals surface area contributed by atoms with Gasteiger partial charge in [-0.05, 0) is 42.5 Å². The number of para-hydroxylation sites is 1. The molecule has 0 saturated carbocycles. The number of thioether (sulfide) groups is 1. The number of H-pyrrole nitrogens is 1. The molecule has 0 atom stereocenters. The van der Waals surface area contributed by atoms with Gasteiger partial charge in [-0.2, -0.15) is 0 Å². The quantitative estimate of drug-likeness (QED) is 0.648. The summed E-state index contributed by atoms with van der Waals surface area (Å²) in [6, 6.07) is 15.8. The van der Waals surface area contributed by atoms with Gasteiger partial charge >= 0.3 is 0 Å². The number of piperidine rings is 1. The molecular formula is C22H23N3O2S. The van der Waals surface area contributed by atoms with Crippen LogP contribution in [-0.4, -0.2) is 40.5 Å². The van der Waals surface area contributed by atoms with E-state index < -0.39 is 0 Å². The van der Waals surface area contributed by atoms with Crippen molar-refractivity contribution in [1.82, 2.24) is 9.88 Å². The highest BCUT2D eigenvalue weighted by atomic mass is 32.2. The normalized spacial score (nSPS) is 15.1. The standard InChI is InChI=1S/C22H23N3O2S/c23-21(26)14-28-20-8-4-2-6-17(20)22(27)25-11-9-15(10-12-25)18-13-24-19-7-3-1-5-16(18)19/h1-8,13,15,24H,9-12,14H2,(H2,23,26). The van der Waals surface area contributed by atoms with Gasteiger partial charge in [-0.25, -0.2) is 0 Å². The molecule has 2 amide bonds. The molecule has 6 heteroatoms. The molecule has 1 aliphatic heterocycles. The minimum atomic E-state index is -0.383. The van der Waals surface area contributed by atoms with Gasteiger partial charge < -0.3 is 15.6 Å². The van der Waals surface area contributed by atoms with Gasteiger partial charge in [0.2, 0.25) is 5.91 Å². The third-order valence-corrected chi connectivity index (χ3v) is 6.43. The predicted octanol–water partition coefficient (Wildman–Crippen LogP) is 3.77. The average Bonchev–Trinajstić information content (AvgIpc) is 3.16. The number of likely N-dealkylation sites (tertiary alicyclic amines) is 1. The SMILES string of the molecule is NC(=O)CSc1ccccc1C(=O)N1CCC(c2c[nH]c3ccccc23)CC1. The molecule has 0 radical (unpaired) electrons. The van der Waals surface area contributed by atoms with Crippen molar-refractivity contribution in [2.24, 2.45) is 5.73 Å². The minimum absolute atomic E-state index is 0.0324. The number of nitrogens with one attached hydrogen (secondary N) is 1. The van der Waals surface area contributed by atoms with Gasteiger partial charge in [0.05, 0.1) is 11.3 Å². The van der Waals surface area contributed by atoms with E-state index in [-0.39, 0.29) is 17.6 Å². The molecule has 4 rings (SSSR count). The zero-order valence-electron chi connectivity index (χ0n) is 15.6. The van der Waals surface area contributed by atoms with Crippen LogP contribution in [0, 0.1) is 0 Å². The highest BCUT2D eigenvalue weighted by Gasteiger charge is 2.27. The van der Waals surface area contributed by atoms with Crippen molar-refractivity contribution in [3.63, 3.8) is 0 Å². The Morgan fingerprint density at radius 2 is 1.79 bits per heavy atom. The minimum Gasteiger partial charge on any atom is -0.369 e. The Morgan fingerprint density at radius 3 is 2.57 bits per heavy atom. The number of amides is 2. The van der Waals surface area contributed by atoms with Gasteiger partial charge in [-0.1, -0.05) is 30.3 Å². The zero-order chi connectivity index (χ0) is 19.5. The van der Waals surface area contributed by atoms with Crippen molar-refractivity contribution in [2.75, 3.05) is 18.8 Å². The van der Waals surface area contributed by atoms with Crippen molar-refractivity contribution in [1.29, 1.82) is 0 Å². The van der Waals surface area contributed by atoms with Crippen molar-refractivity contribution in [3.8, 4) is 0 Å². The monoisotopic (exact) mass is 393 g/mol.